The number of carbonyl (C=O) groups excluding carboxylic acids is 1. The number of aryl methyl sites for hydroxylation is 1. The summed E-state index contributed by atoms with van der Waals surface area (Å²) in [4.78, 5) is 15.7. The van der Waals surface area contributed by atoms with Gasteiger partial charge in [-0.3, -0.25) is 14.4 Å². The van der Waals surface area contributed by atoms with Gasteiger partial charge in [-0.1, -0.05) is 0 Å². The van der Waals surface area contributed by atoms with Gasteiger partial charge in [-0.25, -0.2) is 0 Å². The molecule has 0 spiro atoms. The summed E-state index contributed by atoms with van der Waals surface area (Å²) in [7, 11) is 1.51. The Bertz CT molecular complexity index is 424. The Morgan fingerprint density at radius 3 is 2.95 bits per heavy atom. The number of amides is 1. The number of aliphatic hydroxyl groups excluding tert-OH is 1. The minimum absolute atomic E-state index is 0.0602. The second-order valence-electron chi connectivity index (χ2n) is 5.35. The molecule has 1 aromatic rings. The van der Waals surface area contributed by atoms with Crippen LogP contribution in [0.15, 0.2) is 18.5 Å². The first kappa shape index (κ1) is 15.9. The van der Waals surface area contributed by atoms with Crippen molar-refractivity contribution in [2.24, 2.45) is 0 Å². The fraction of sp³-hybridized carbons (Fsp3) is 0.714. The van der Waals surface area contributed by atoms with E-state index < -0.39 is 6.10 Å². The molecule has 0 radical (unpaired) electrons. The maximum absolute atomic E-state index is 11.8. The molecule has 1 fully saturated rings. The number of nitrogens with zero attached hydrogens (tertiary/aromatic N) is 4. The molecular weight excluding hydrogens is 272 g/mol. The van der Waals surface area contributed by atoms with Crippen LogP contribution in [0.2, 0.25) is 0 Å². The van der Waals surface area contributed by atoms with Crippen molar-refractivity contribution in [3.63, 3.8) is 0 Å². The second kappa shape index (κ2) is 8.11. The van der Waals surface area contributed by atoms with Crippen LogP contribution in [0.1, 0.15) is 6.42 Å². The largest absolute Gasteiger partial charge is 0.390 e. The number of aliphatic hydroxyl groups is 1. The highest BCUT2D eigenvalue weighted by atomic mass is 16.5. The van der Waals surface area contributed by atoms with Gasteiger partial charge in [-0.15, -0.1) is 0 Å². The van der Waals surface area contributed by atoms with Crippen LogP contribution in [0.3, 0.4) is 0 Å². The van der Waals surface area contributed by atoms with Crippen LogP contribution in [0, 0.1) is 0 Å². The number of methoxy groups -OCH3 is 1. The zero-order chi connectivity index (χ0) is 15.1. The lowest BCUT2D eigenvalue weighted by atomic mass is 10.3. The van der Waals surface area contributed by atoms with Gasteiger partial charge in [-0.05, 0) is 12.5 Å². The minimum Gasteiger partial charge on any atom is -0.390 e. The van der Waals surface area contributed by atoms with Crippen molar-refractivity contribution < 1.29 is 14.6 Å². The molecule has 0 saturated carbocycles. The van der Waals surface area contributed by atoms with Crippen molar-refractivity contribution in [1.29, 1.82) is 0 Å². The highest BCUT2D eigenvalue weighted by Crippen LogP contribution is 2.06. The average molecular weight is 296 g/mol. The van der Waals surface area contributed by atoms with E-state index in [1.54, 1.807) is 11.1 Å². The van der Waals surface area contributed by atoms with Crippen LogP contribution >= 0.6 is 0 Å². The number of carbonyl (C=O) groups is 1. The maximum Gasteiger partial charge on any atom is 0.248 e. The van der Waals surface area contributed by atoms with E-state index in [0.717, 1.165) is 26.1 Å². The molecule has 0 bridgehead atoms. The van der Waals surface area contributed by atoms with Gasteiger partial charge < -0.3 is 14.7 Å². The third kappa shape index (κ3) is 5.11. The van der Waals surface area contributed by atoms with Crippen LogP contribution in [-0.4, -0.2) is 83.1 Å². The predicted octanol–water partition coefficient (Wildman–Crippen LogP) is -0.575. The Labute approximate surface area is 125 Å². The molecule has 1 N–H and O–H groups in total. The van der Waals surface area contributed by atoms with Crippen molar-refractivity contribution in [2.45, 2.75) is 19.1 Å². The summed E-state index contributed by atoms with van der Waals surface area (Å²) in [6.45, 7) is 4.25. The second-order valence-corrected chi connectivity index (χ2v) is 5.35. The van der Waals surface area contributed by atoms with Crippen LogP contribution in [0.5, 0.6) is 0 Å². The fourth-order valence-electron chi connectivity index (χ4n) is 2.59. The zero-order valence-electron chi connectivity index (χ0n) is 12.5. The summed E-state index contributed by atoms with van der Waals surface area (Å²) in [5.74, 6) is -0.0602. The van der Waals surface area contributed by atoms with Crippen molar-refractivity contribution in [3.05, 3.63) is 18.5 Å². The number of hydrogen-bond donors (Lipinski definition) is 1. The first-order valence-corrected chi connectivity index (χ1v) is 7.33. The molecule has 1 aromatic heterocycles. The average Bonchev–Trinajstić information content (AvgIpc) is 2.89. The van der Waals surface area contributed by atoms with Gasteiger partial charge in [0.05, 0.1) is 6.10 Å². The molecule has 0 aromatic carbocycles. The van der Waals surface area contributed by atoms with Crippen LogP contribution in [-0.2, 0) is 16.1 Å². The molecule has 7 nitrogen and oxygen atoms in total. The van der Waals surface area contributed by atoms with Crippen molar-refractivity contribution in [3.8, 4) is 0 Å². The van der Waals surface area contributed by atoms with E-state index in [-0.39, 0.29) is 12.5 Å². The molecule has 7 heteroatoms. The van der Waals surface area contributed by atoms with E-state index in [9.17, 15) is 9.90 Å². The van der Waals surface area contributed by atoms with E-state index in [2.05, 4.69) is 10.00 Å². The monoisotopic (exact) mass is 296 g/mol. The van der Waals surface area contributed by atoms with Gasteiger partial charge in [0.2, 0.25) is 5.91 Å². The third-order valence-electron chi connectivity index (χ3n) is 3.63. The summed E-state index contributed by atoms with van der Waals surface area (Å²) in [6.07, 6.45) is 4.19. The lowest BCUT2D eigenvalue weighted by Crippen LogP contribution is -2.39. The Hall–Kier alpha value is -1.44. The fourth-order valence-corrected chi connectivity index (χ4v) is 2.59. The van der Waals surface area contributed by atoms with Gasteiger partial charge in [0.25, 0.3) is 0 Å². The molecule has 0 aliphatic carbocycles. The summed E-state index contributed by atoms with van der Waals surface area (Å²) in [5, 5.41) is 14.2. The van der Waals surface area contributed by atoms with Crippen LogP contribution < -0.4 is 0 Å². The number of ether oxygens (including phenoxy) is 1. The Kier molecular flexibility index (Phi) is 6.16. The number of aromatic nitrogens is 2. The van der Waals surface area contributed by atoms with Crippen LogP contribution in [0.25, 0.3) is 0 Å². The zero-order valence-corrected chi connectivity index (χ0v) is 12.5. The summed E-state index contributed by atoms with van der Waals surface area (Å²) in [6, 6.07) is 1.91. The van der Waals surface area contributed by atoms with Crippen molar-refractivity contribution in [2.75, 3.05) is 46.4 Å². The standard InChI is InChI=1S/C14H24N4O3/c1-21-12-14(20)17-9-8-16(10-13(19)11-17)5-3-7-18-6-2-4-15-18/h2,4,6,13,19H,3,5,7-12H2,1H3. The molecule has 1 aliphatic rings. The lowest BCUT2D eigenvalue weighted by Gasteiger charge is -2.21. The molecule has 1 amide bonds. The first-order chi connectivity index (χ1) is 10.2. The molecular formula is C14H24N4O3. The quantitative estimate of drug-likeness (QED) is 0.761. The molecule has 2 rings (SSSR count). The van der Waals surface area contributed by atoms with Gasteiger partial charge in [-0.2, -0.15) is 5.10 Å². The number of rotatable bonds is 6. The Morgan fingerprint density at radius 2 is 2.24 bits per heavy atom. The maximum atomic E-state index is 11.8. The van der Waals surface area contributed by atoms with E-state index >= 15 is 0 Å². The summed E-state index contributed by atoms with van der Waals surface area (Å²) < 4.78 is 6.78. The SMILES string of the molecule is COCC(=O)N1CCN(CCCn2cccn2)CC(O)C1. The van der Waals surface area contributed by atoms with Gasteiger partial charge in [0.15, 0.2) is 0 Å². The van der Waals surface area contributed by atoms with Crippen LogP contribution in [0.4, 0.5) is 0 Å². The van der Waals surface area contributed by atoms with E-state index in [0.29, 0.717) is 19.6 Å². The molecule has 1 saturated heterocycles. The lowest BCUT2D eigenvalue weighted by molar-refractivity contribution is -0.136. The van der Waals surface area contributed by atoms with E-state index in [1.165, 1.54) is 7.11 Å². The highest BCUT2D eigenvalue weighted by molar-refractivity contribution is 5.77. The van der Waals surface area contributed by atoms with Gasteiger partial charge in [0, 0.05) is 58.8 Å². The summed E-state index contributed by atoms with van der Waals surface area (Å²) in [5.41, 5.74) is 0. The molecule has 1 aliphatic heterocycles. The molecule has 118 valence electrons. The topological polar surface area (TPSA) is 70.8 Å². The van der Waals surface area contributed by atoms with Crippen molar-refractivity contribution in [1.82, 2.24) is 19.6 Å². The van der Waals surface area contributed by atoms with E-state index in [1.807, 2.05) is 16.9 Å². The Morgan fingerprint density at radius 1 is 1.38 bits per heavy atom. The molecule has 1 unspecified atom stereocenters. The smallest absolute Gasteiger partial charge is 0.248 e. The molecule has 2 heterocycles. The molecule has 1 atom stereocenters. The first-order valence-electron chi connectivity index (χ1n) is 7.33. The highest BCUT2D eigenvalue weighted by Gasteiger charge is 2.23. The van der Waals surface area contributed by atoms with Gasteiger partial charge in [0.1, 0.15) is 6.61 Å². The summed E-state index contributed by atoms with van der Waals surface area (Å²) >= 11 is 0. The molecule has 21 heavy (non-hydrogen) atoms. The Balaban J connectivity index is 1.76. The third-order valence-corrected chi connectivity index (χ3v) is 3.63. The van der Waals surface area contributed by atoms with E-state index in [4.69, 9.17) is 4.74 Å². The van der Waals surface area contributed by atoms with Crippen molar-refractivity contribution >= 4 is 5.91 Å². The normalized spacial score (nSPS) is 20.5. The number of β-amino-alcohol motifs (C(OH)–C–C–N with tert-alkyl or cyclic N) is 1. The number of hydrogen-bond acceptors (Lipinski definition) is 5. The predicted molar refractivity (Wildman–Crippen MR) is 77.7 cm³/mol. The minimum atomic E-state index is -0.502. The van der Waals surface area contributed by atoms with Gasteiger partial charge >= 0.3 is 0 Å².